The van der Waals surface area contributed by atoms with Crippen molar-refractivity contribution in [3.05, 3.63) is 113 Å². The van der Waals surface area contributed by atoms with Gasteiger partial charge in [-0.05, 0) is 48.0 Å². The average Bonchev–Trinajstić information content (AvgIpc) is 3.38. The summed E-state index contributed by atoms with van der Waals surface area (Å²) in [4.78, 5) is 18.0. The number of nitrogens with zero attached hydrogens (tertiary/aromatic N) is 1. The average molecular weight is 431 g/mol. The van der Waals surface area contributed by atoms with Gasteiger partial charge in [0, 0.05) is 11.1 Å². The maximum atomic E-state index is 13.6. The maximum Gasteiger partial charge on any atom is 0.257 e. The first kappa shape index (κ1) is 20.5. The summed E-state index contributed by atoms with van der Waals surface area (Å²) in [7, 11) is 0. The standard InChI is InChI=1S/C29H22N2O2/c1-20-10-12-21(13-11-20)14-15-23-17-16-22-6-2-3-7-24(22)27(23)28(32)31-26-9-5-4-8-25(26)29-30-18-19-33-29/h2-13,16-17H,18-19H2,1H3,(H,31,32). The molecule has 0 unspecified atom stereocenters. The molecule has 160 valence electrons. The van der Waals surface area contributed by atoms with E-state index in [0.717, 1.165) is 21.9 Å². The van der Waals surface area contributed by atoms with Crippen LogP contribution in [0.15, 0.2) is 89.9 Å². The van der Waals surface area contributed by atoms with E-state index in [9.17, 15) is 4.79 Å². The van der Waals surface area contributed by atoms with Crippen LogP contribution in [0.4, 0.5) is 5.69 Å². The highest BCUT2D eigenvalue weighted by Crippen LogP contribution is 2.25. The van der Waals surface area contributed by atoms with Gasteiger partial charge in [0.2, 0.25) is 5.90 Å². The van der Waals surface area contributed by atoms with Crippen LogP contribution in [0.5, 0.6) is 0 Å². The lowest BCUT2D eigenvalue weighted by Gasteiger charge is -2.13. The van der Waals surface area contributed by atoms with Gasteiger partial charge >= 0.3 is 0 Å². The SMILES string of the molecule is Cc1ccc(C#Cc2ccc3ccccc3c2C(=O)Nc2ccccc2C2=NCCO2)cc1. The van der Waals surface area contributed by atoms with Gasteiger partial charge in [-0.2, -0.15) is 0 Å². The monoisotopic (exact) mass is 430 g/mol. The number of benzene rings is 4. The van der Waals surface area contributed by atoms with Crippen molar-refractivity contribution in [2.75, 3.05) is 18.5 Å². The zero-order chi connectivity index (χ0) is 22.6. The van der Waals surface area contributed by atoms with E-state index in [1.54, 1.807) is 0 Å². The van der Waals surface area contributed by atoms with E-state index in [2.05, 4.69) is 22.2 Å². The van der Waals surface area contributed by atoms with E-state index in [0.29, 0.717) is 35.9 Å². The summed E-state index contributed by atoms with van der Waals surface area (Å²) in [6.07, 6.45) is 0. The summed E-state index contributed by atoms with van der Waals surface area (Å²) in [5, 5.41) is 4.92. The van der Waals surface area contributed by atoms with Crippen molar-refractivity contribution < 1.29 is 9.53 Å². The molecule has 4 aromatic rings. The Morgan fingerprint density at radius 2 is 1.70 bits per heavy atom. The minimum absolute atomic E-state index is 0.217. The van der Waals surface area contributed by atoms with Crippen molar-refractivity contribution in [3.8, 4) is 11.8 Å². The molecular formula is C29H22N2O2. The Morgan fingerprint density at radius 3 is 2.52 bits per heavy atom. The van der Waals surface area contributed by atoms with Gasteiger partial charge < -0.3 is 10.1 Å². The lowest BCUT2D eigenvalue weighted by Crippen LogP contribution is -2.17. The molecule has 0 bridgehead atoms. The summed E-state index contributed by atoms with van der Waals surface area (Å²) in [5.74, 6) is 6.76. The van der Waals surface area contributed by atoms with E-state index >= 15 is 0 Å². The van der Waals surface area contributed by atoms with Crippen LogP contribution in [-0.2, 0) is 4.74 Å². The molecule has 0 saturated carbocycles. The summed E-state index contributed by atoms with van der Waals surface area (Å²) in [6.45, 7) is 3.22. The highest BCUT2D eigenvalue weighted by atomic mass is 16.5. The number of nitrogens with one attached hydrogen (secondary N) is 1. The lowest BCUT2D eigenvalue weighted by molar-refractivity contribution is 0.102. The van der Waals surface area contributed by atoms with Crippen LogP contribution in [0.25, 0.3) is 10.8 Å². The number of hydrogen-bond donors (Lipinski definition) is 1. The molecule has 4 heteroatoms. The molecule has 1 aliphatic heterocycles. The van der Waals surface area contributed by atoms with E-state index in [1.165, 1.54) is 5.56 Å². The number of para-hydroxylation sites is 1. The number of amides is 1. The van der Waals surface area contributed by atoms with Gasteiger partial charge in [0.05, 0.1) is 23.4 Å². The summed E-state index contributed by atoms with van der Waals surface area (Å²) in [5.41, 5.74) is 4.75. The topological polar surface area (TPSA) is 50.7 Å². The van der Waals surface area contributed by atoms with Gasteiger partial charge in [-0.15, -0.1) is 0 Å². The second kappa shape index (κ2) is 9.02. The van der Waals surface area contributed by atoms with E-state index in [1.807, 2.05) is 91.9 Å². The van der Waals surface area contributed by atoms with Crippen LogP contribution in [0.1, 0.15) is 32.6 Å². The number of carbonyl (C=O) groups is 1. The molecule has 1 amide bonds. The van der Waals surface area contributed by atoms with Crippen LogP contribution in [0.2, 0.25) is 0 Å². The number of fused-ring (bicyclic) bond motifs is 1. The van der Waals surface area contributed by atoms with Crippen molar-refractivity contribution in [1.29, 1.82) is 0 Å². The minimum atomic E-state index is -0.217. The molecule has 5 rings (SSSR count). The Kier molecular flexibility index (Phi) is 5.61. The number of carbonyl (C=O) groups excluding carboxylic acids is 1. The van der Waals surface area contributed by atoms with Gasteiger partial charge in [0.15, 0.2) is 0 Å². The predicted octanol–water partition coefficient (Wildman–Crippen LogP) is 5.58. The highest BCUT2D eigenvalue weighted by molar-refractivity contribution is 6.16. The van der Waals surface area contributed by atoms with Crippen molar-refractivity contribution >= 4 is 28.3 Å². The quantitative estimate of drug-likeness (QED) is 0.432. The van der Waals surface area contributed by atoms with Crippen LogP contribution in [0.3, 0.4) is 0 Å². The van der Waals surface area contributed by atoms with Gasteiger partial charge in [0.1, 0.15) is 6.61 Å². The molecule has 0 radical (unpaired) electrons. The van der Waals surface area contributed by atoms with Crippen molar-refractivity contribution in [2.45, 2.75) is 6.92 Å². The van der Waals surface area contributed by atoms with Gasteiger partial charge in [0.25, 0.3) is 5.91 Å². The number of aliphatic imine (C=N–C) groups is 1. The lowest BCUT2D eigenvalue weighted by atomic mass is 9.97. The highest BCUT2D eigenvalue weighted by Gasteiger charge is 2.19. The van der Waals surface area contributed by atoms with E-state index < -0.39 is 0 Å². The molecule has 4 nitrogen and oxygen atoms in total. The fourth-order valence-corrected chi connectivity index (χ4v) is 3.86. The van der Waals surface area contributed by atoms with Gasteiger partial charge in [-0.1, -0.05) is 72.0 Å². The Labute approximate surface area is 192 Å². The predicted molar refractivity (Wildman–Crippen MR) is 133 cm³/mol. The molecule has 0 aliphatic carbocycles. The molecule has 0 spiro atoms. The molecule has 33 heavy (non-hydrogen) atoms. The Hall–Kier alpha value is -4.36. The maximum absolute atomic E-state index is 13.6. The third-order valence-corrected chi connectivity index (χ3v) is 5.54. The first-order valence-corrected chi connectivity index (χ1v) is 10.9. The van der Waals surface area contributed by atoms with Crippen molar-refractivity contribution in [3.63, 3.8) is 0 Å². The molecular weight excluding hydrogens is 408 g/mol. The first-order valence-electron chi connectivity index (χ1n) is 10.9. The smallest absolute Gasteiger partial charge is 0.257 e. The Bertz CT molecular complexity index is 1440. The fraction of sp³-hybridized carbons (Fsp3) is 0.103. The van der Waals surface area contributed by atoms with Crippen LogP contribution in [-0.4, -0.2) is 25.0 Å². The van der Waals surface area contributed by atoms with Gasteiger partial charge in [-0.25, -0.2) is 4.99 Å². The Morgan fingerprint density at radius 1 is 0.909 bits per heavy atom. The largest absolute Gasteiger partial charge is 0.475 e. The zero-order valence-electron chi connectivity index (χ0n) is 18.3. The van der Waals surface area contributed by atoms with Crippen molar-refractivity contribution in [1.82, 2.24) is 0 Å². The second-order valence-corrected chi connectivity index (χ2v) is 7.86. The second-order valence-electron chi connectivity index (χ2n) is 7.86. The van der Waals surface area contributed by atoms with Crippen LogP contribution >= 0.6 is 0 Å². The van der Waals surface area contributed by atoms with Gasteiger partial charge in [-0.3, -0.25) is 4.79 Å². The molecule has 1 aliphatic rings. The zero-order valence-corrected chi connectivity index (χ0v) is 18.3. The minimum Gasteiger partial charge on any atom is -0.475 e. The molecule has 0 fully saturated rings. The number of rotatable bonds is 3. The molecule has 1 heterocycles. The third-order valence-electron chi connectivity index (χ3n) is 5.54. The van der Waals surface area contributed by atoms with Crippen molar-refractivity contribution in [2.24, 2.45) is 4.99 Å². The van der Waals surface area contributed by atoms with E-state index in [4.69, 9.17) is 4.74 Å². The van der Waals surface area contributed by atoms with E-state index in [-0.39, 0.29) is 5.91 Å². The summed E-state index contributed by atoms with van der Waals surface area (Å²) < 4.78 is 5.63. The number of aryl methyl sites for hydroxylation is 1. The first-order chi connectivity index (χ1) is 16.2. The fourth-order valence-electron chi connectivity index (χ4n) is 3.86. The molecule has 4 aromatic carbocycles. The van der Waals surface area contributed by atoms with Crippen LogP contribution < -0.4 is 5.32 Å². The normalized spacial score (nSPS) is 12.5. The summed E-state index contributed by atoms with van der Waals surface area (Å²) in [6, 6.07) is 27.4. The summed E-state index contributed by atoms with van der Waals surface area (Å²) >= 11 is 0. The van der Waals surface area contributed by atoms with Crippen LogP contribution in [0, 0.1) is 18.8 Å². The molecule has 0 saturated heterocycles. The molecule has 0 aromatic heterocycles. The third kappa shape index (κ3) is 4.35. The molecule has 1 N–H and O–H groups in total. The number of ether oxygens (including phenoxy) is 1. The Balaban J connectivity index is 1.57. The molecule has 0 atom stereocenters. The number of anilines is 1. The number of hydrogen-bond acceptors (Lipinski definition) is 3.